The summed E-state index contributed by atoms with van der Waals surface area (Å²) in [5, 5.41) is 20.3. The van der Waals surface area contributed by atoms with Crippen LogP contribution in [-0.4, -0.2) is 54.8 Å². The van der Waals surface area contributed by atoms with E-state index in [1.54, 1.807) is 117 Å². The van der Waals surface area contributed by atoms with Gasteiger partial charge in [-0.2, -0.15) is 10.5 Å². The first-order valence-electron chi connectivity index (χ1n) is 26.1. The molecule has 0 saturated carbocycles. The van der Waals surface area contributed by atoms with Crippen LogP contribution in [0.5, 0.6) is 57.5 Å². The quantitative estimate of drug-likeness (QED) is 0.115. The van der Waals surface area contributed by atoms with Gasteiger partial charge in [-0.1, -0.05) is 54.6 Å². The molecule has 0 unspecified atom stereocenters. The minimum atomic E-state index is 0. The molecule has 0 atom stereocenters. The summed E-state index contributed by atoms with van der Waals surface area (Å²) in [4.78, 5) is 62.3. The minimum Gasteiger partial charge on any atom is -0.455 e. The van der Waals surface area contributed by atoms with E-state index in [0.717, 1.165) is 0 Å². The van der Waals surface area contributed by atoms with Crippen LogP contribution in [0.3, 0.4) is 0 Å². The normalized spacial score (nSPS) is 10.9. The Kier molecular flexibility index (Phi) is 14.4. The van der Waals surface area contributed by atoms with Crippen molar-refractivity contribution in [2.24, 2.45) is 0 Å². The van der Waals surface area contributed by atoms with Crippen LogP contribution in [-0.2, 0) is 19.5 Å². The van der Waals surface area contributed by atoms with Gasteiger partial charge in [0, 0.05) is 75.5 Å². The van der Waals surface area contributed by atoms with Gasteiger partial charge in [-0.05, 0) is 108 Å². The van der Waals surface area contributed by atoms with Crippen LogP contribution in [0.2, 0.25) is 0 Å². The summed E-state index contributed by atoms with van der Waals surface area (Å²) in [6.45, 7) is 0. The van der Waals surface area contributed by atoms with Gasteiger partial charge < -0.3 is 53.6 Å². The molecular formula is C65H35N15O5Zn. The monoisotopic (exact) mass is 1170 g/mol. The molecule has 13 aromatic rings. The van der Waals surface area contributed by atoms with Crippen LogP contribution in [0.15, 0.2) is 214 Å². The van der Waals surface area contributed by atoms with Crippen LogP contribution >= 0.6 is 0 Å². The van der Waals surface area contributed by atoms with Crippen molar-refractivity contribution in [1.29, 1.82) is 10.5 Å². The Morgan fingerprint density at radius 3 is 1.06 bits per heavy atom. The molecule has 0 N–H and O–H groups in total. The fraction of sp³-hybridized carbons (Fsp3) is 0. The zero-order valence-corrected chi connectivity index (χ0v) is 47.6. The van der Waals surface area contributed by atoms with Crippen molar-refractivity contribution in [3.63, 3.8) is 0 Å². The molecule has 2 aliphatic rings. The van der Waals surface area contributed by atoms with Crippen LogP contribution in [0.1, 0.15) is 11.1 Å². The summed E-state index contributed by atoms with van der Waals surface area (Å²) < 4.78 is 31.5. The fourth-order valence-electron chi connectivity index (χ4n) is 9.56. The van der Waals surface area contributed by atoms with Gasteiger partial charge in [0.15, 0.2) is 0 Å². The predicted octanol–water partition coefficient (Wildman–Crippen LogP) is 13.5. The maximum atomic E-state index is 9.01. The Bertz CT molecular complexity index is 4720. The van der Waals surface area contributed by atoms with E-state index >= 15 is 0 Å². The van der Waals surface area contributed by atoms with Gasteiger partial charge in [0.1, 0.15) is 75.2 Å². The average molecular weight is 1170 g/mol. The first-order valence-corrected chi connectivity index (χ1v) is 26.1. The summed E-state index contributed by atoms with van der Waals surface area (Å²) in [5.41, 5.74) is 4.19. The van der Waals surface area contributed by atoms with Crippen LogP contribution in [0.4, 0.5) is 0 Å². The van der Waals surface area contributed by atoms with E-state index in [4.69, 9.17) is 74.1 Å². The van der Waals surface area contributed by atoms with Crippen LogP contribution in [0.25, 0.3) is 89.7 Å². The second-order valence-corrected chi connectivity index (χ2v) is 18.6. The van der Waals surface area contributed by atoms with E-state index in [1.807, 2.05) is 109 Å². The molecule has 15 rings (SSSR count). The van der Waals surface area contributed by atoms with Crippen molar-refractivity contribution < 1.29 is 43.2 Å². The Morgan fingerprint density at radius 1 is 0.326 bits per heavy atom. The third-order valence-corrected chi connectivity index (χ3v) is 13.2. The first-order chi connectivity index (χ1) is 42.0. The number of aromatic nitrogens is 13. The van der Waals surface area contributed by atoms with E-state index in [-0.39, 0.29) is 25.0 Å². The molecule has 8 bridgehead atoms. The van der Waals surface area contributed by atoms with E-state index in [9.17, 15) is 0 Å². The predicted molar refractivity (Wildman–Crippen MR) is 311 cm³/mol. The van der Waals surface area contributed by atoms with Crippen LogP contribution < -0.4 is 33.7 Å². The molecule has 21 heteroatoms. The van der Waals surface area contributed by atoms with Crippen molar-refractivity contribution in [2.45, 2.75) is 0 Å². The Balaban J connectivity index is 0.000000329. The molecule has 10 heterocycles. The third-order valence-electron chi connectivity index (χ3n) is 13.2. The maximum Gasteiger partial charge on any atom is 2.00 e. The van der Waals surface area contributed by atoms with Gasteiger partial charge in [-0.3, -0.25) is 24.9 Å². The van der Waals surface area contributed by atoms with E-state index in [0.29, 0.717) is 153 Å². The number of ether oxygens (including phenoxy) is 5. The summed E-state index contributed by atoms with van der Waals surface area (Å²) in [6, 6.07) is 49.3. The number of hydrogen-bond acceptors (Lipinski definition) is 18. The molecule has 0 aliphatic carbocycles. The Morgan fingerprint density at radius 2 is 0.674 bits per heavy atom. The molecule has 2 aliphatic heterocycles. The molecule has 20 nitrogen and oxygen atoms in total. The van der Waals surface area contributed by atoms with Crippen LogP contribution in [0, 0.1) is 22.7 Å². The molecule has 0 spiro atoms. The zero-order chi connectivity index (χ0) is 57.1. The van der Waals surface area contributed by atoms with Gasteiger partial charge in [0.05, 0.1) is 71.0 Å². The van der Waals surface area contributed by atoms with Gasteiger partial charge in [0.2, 0.25) is 0 Å². The summed E-state index contributed by atoms with van der Waals surface area (Å²) in [7, 11) is 0. The molecule has 5 aromatic carbocycles. The third kappa shape index (κ3) is 10.4. The second-order valence-electron chi connectivity index (χ2n) is 18.6. The topological polar surface area (TPSA) is 264 Å². The minimum absolute atomic E-state index is 0. The summed E-state index contributed by atoms with van der Waals surface area (Å²) >= 11 is 0. The maximum absolute atomic E-state index is 9.01. The van der Waals surface area contributed by atoms with Crippen molar-refractivity contribution >= 4 is 44.1 Å². The molecule has 0 saturated heterocycles. The SMILES string of the molecule is N#Cc1cccc(Oc2cccnc2)c1C#N.[Zn+2].c1cncc(Oc2cccc3c2-c2nc-3nc3[n-]c(nc4nc(nc5[n-]c(n2)c2cccc(Oc6cccnc6)c52)-c2cccc(Oc5cccnc5)c2-4)c2cccc(Oc4cccnc4)c32)c1. The van der Waals surface area contributed by atoms with Crippen molar-refractivity contribution in [2.75, 3.05) is 0 Å². The molecule has 0 fully saturated rings. The summed E-state index contributed by atoms with van der Waals surface area (Å²) in [5.74, 6) is 6.09. The van der Waals surface area contributed by atoms with E-state index < -0.39 is 0 Å². The molecular weight excluding hydrogens is 1140 g/mol. The van der Waals surface area contributed by atoms with E-state index in [1.165, 1.54) is 0 Å². The number of nitrogens with zero attached hydrogens (tertiary/aromatic N) is 15. The van der Waals surface area contributed by atoms with Crippen molar-refractivity contribution in [3.05, 3.63) is 225 Å². The number of rotatable bonds is 10. The van der Waals surface area contributed by atoms with Gasteiger partial charge >= 0.3 is 19.5 Å². The number of pyridine rings is 5. The fourth-order valence-corrected chi connectivity index (χ4v) is 9.56. The molecule has 8 aromatic heterocycles. The molecule has 402 valence electrons. The van der Waals surface area contributed by atoms with Gasteiger partial charge in [-0.25, -0.2) is 9.97 Å². The van der Waals surface area contributed by atoms with Gasteiger partial charge in [0.25, 0.3) is 0 Å². The Hall–Kier alpha value is -12.2. The Labute approximate surface area is 499 Å². The second kappa shape index (κ2) is 23.4. The number of nitriles is 2. The summed E-state index contributed by atoms with van der Waals surface area (Å²) in [6.07, 6.45) is 16.4. The average Bonchev–Trinajstić information content (AvgIpc) is 1.86. The molecule has 0 radical (unpaired) electrons. The van der Waals surface area contributed by atoms with Crippen molar-refractivity contribution in [3.8, 4) is 115 Å². The number of fused-ring (bicyclic) bond motifs is 20. The number of hydrogen-bond donors (Lipinski definition) is 0. The molecule has 86 heavy (non-hydrogen) atoms. The standard InChI is InChI=1S/C52H28N12O4.C13H7N3O.Zn/c1-13-33-41(37(17-1)65-29-9-5-21-53-25-29)49-57-45(33)61-50-42-34(14-2-18-38(42)66-30-10-6-22-54-26-30)47(58-50)63-52-44-36(16-4-20-40(44)68-32-12-8-24-56-28-32)48(60-52)64-51-43-35(46(59-51)62-49)15-3-19-39(43)67-31-11-7-23-55-27-31;14-7-10-3-1-5-13(12(10)8-15)17-11-4-2-6-16-9-11;/h1-28H;1-6,9H;/q-2;;+2. The first kappa shape index (κ1) is 53.1. The molecule has 0 amide bonds. The largest absolute Gasteiger partial charge is 2.00 e. The van der Waals surface area contributed by atoms with E-state index in [2.05, 4.69) is 24.9 Å². The van der Waals surface area contributed by atoms with Gasteiger partial charge in [-0.15, -0.1) is 0 Å². The smallest absolute Gasteiger partial charge is 0.455 e. The zero-order valence-electron chi connectivity index (χ0n) is 44.7. The van der Waals surface area contributed by atoms with Crippen molar-refractivity contribution in [1.82, 2.24) is 64.8 Å². The number of benzene rings is 5.